The summed E-state index contributed by atoms with van der Waals surface area (Å²) in [4.78, 5) is 3.12. The zero-order valence-corrected chi connectivity index (χ0v) is 8.26. The summed E-state index contributed by atoms with van der Waals surface area (Å²) >= 11 is 0. The molecule has 0 spiro atoms. The Labute approximate surface area is 82.1 Å². The molecule has 2 aromatic rings. The van der Waals surface area contributed by atoms with Crippen LogP contribution in [0.25, 0.3) is 10.9 Å². The van der Waals surface area contributed by atoms with Crippen LogP contribution in [-0.4, -0.2) is 12.0 Å². The number of fused-ring (bicyclic) bond motifs is 1. The maximum Gasteiger partial charge on any atom is 0.123 e. The summed E-state index contributed by atoms with van der Waals surface area (Å²) in [6.45, 7) is 2.05. The monoisotopic (exact) mass is 192 g/mol. The van der Waals surface area contributed by atoms with Crippen molar-refractivity contribution < 1.29 is 4.39 Å². The Balaban J connectivity index is 2.61. The normalized spacial score (nSPS) is 13.4. The van der Waals surface area contributed by atoms with Gasteiger partial charge in [-0.3, -0.25) is 0 Å². The van der Waals surface area contributed by atoms with Crippen LogP contribution in [0.1, 0.15) is 18.5 Å². The predicted octanol–water partition coefficient (Wildman–Crippen LogP) is 2.59. The quantitative estimate of drug-likeness (QED) is 0.752. The smallest absolute Gasteiger partial charge is 0.123 e. The molecule has 3 heteroatoms. The number of aromatic amines is 1. The van der Waals surface area contributed by atoms with E-state index >= 15 is 0 Å². The zero-order valence-electron chi connectivity index (χ0n) is 8.26. The first-order valence-electron chi connectivity index (χ1n) is 4.66. The van der Waals surface area contributed by atoms with E-state index in [0.29, 0.717) is 0 Å². The number of rotatable bonds is 2. The van der Waals surface area contributed by atoms with Crippen molar-refractivity contribution in [1.82, 2.24) is 10.3 Å². The molecule has 1 aromatic carbocycles. The first-order valence-corrected chi connectivity index (χ1v) is 4.66. The lowest BCUT2D eigenvalue weighted by Crippen LogP contribution is -2.11. The number of aromatic nitrogens is 1. The minimum absolute atomic E-state index is 0.193. The average molecular weight is 192 g/mol. The number of H-pyrrole nitrogens is 1. The van der Waals surface area contributed by atoms with Gasteiger partial charge < -0.3 is 10.3 Å². The summed E-state index contributed by atoms with van der Waals surface area (Å²) in [5.41, 5.74) is 2.07. The maximum atomic E-state index is 13.0. The van der Waals surface area contributed by atoms with Crippen LogP contribution in [0.5, 0.6) is 0 Å². The van der Waals surface area contributed by atoms with Crippen molar-refractivity contribution >= 4 is 10.9 Å². The first kappa shape index (κ1) is 9.21. The fourth-order valence-corrected chi connectivity index (χ4v) is 1.63. The van der Waals surface area contributed by atoms with Crippen molar-refractivity contribution in [3.63, 3.8) is 0 Å². The van der Waals surface area contributed by atoms with E-state index < -0.39 is 0 Å². The molecule has 14 heavy (non-hydrogen) atoms. The van der Waals surface area contributed by atoms with Crippen molar-refractivity contribution in [2.75, 3.05) is 7.05 Å². The van der Waals surface area contributed by atoms with E-state index in [-0.39, 0.29) is 11.9 Å². The lowest BCUT2D eigenvalue weighted by Gasteiger charge is -2.08. The van der Waals surface area contributed by atoms with Gasteiger partial charge in [-0.25, -0.2) is 4.39 Å². The zero-order chi connectivity index (χ0) is 10.1. The molecule has 2 N–H and O–H groups in total. The number of hydrogen-bond acceptors (Lipinski definition) is 1. The van der Waals surface area contributed by atoms with E-state index in [4.69, 9.17) is 0 Å². The molecule has 0 aliphatic carbocycles. The van der Waals surface area contributed by atoms with Gasteiger partial charge in [-0.2, -0.15) is 0 Å². The lowest BCUT2D eigenvalue weighted by atomic mass is 10.1. The highest BCUT2D eigenvalue weighted by Gasteiger charge is 2.09. The summed E-state index contributed by atoms with van der Waals surface area (Å²) in [7, 11) is 1.89. The van der Waals surface area contributed by atoms with Crippen LogP contribution in [0.4, 0.5) is 4.39 Å². The molecular weight excluding hydrogens is 179 g/mol. The third-order valence-electron chi connectivity index (χ3n) is 2.58. The van der Waals surface area contributed by atoms with Crippen molar-refractivity contribution in [2.45, 2.75) is 13.0 Å². The highest BCUT2D eigenvalue weighted by Crippen LogP contribution is 2.24. The molecule has 0 fully saturated rings. The minimum Gasteiger partial charge on any atom is -0.361 e. The second-order valence-corrected chi connectivity index (χ2v) is 3.44. The molecule has 0 amide bonds. The Kier molecular flexibility index (Phi) is 2.25. The Morgan fingerprint density at radius 1 is 1.43 bits per heavy atom. The first-order chi connectivity index (χ1) is 6.72. The second kappa shape index (κ2) is 3.42. The summed E-state index contributed by atoms with van der Waals surface area (Å²) in [5.74, 6) is -0.193. The van der Waals surface area contributed by atoms with E-state index in [1.54, 1.807) is 12.1 Å². The predicted molar refractivity (Wildman–Crippen MR) is 55.7 cm³/mol. The fraction of sp³-hybridized carbons (Fsp3) is 0.273. The lowest BCUT2D eigenvalue weighted by molar-refractivity contribution is 0.628. The Bertz CT molecular complexity index is 447. The van der Waals surface area contributed by atoms with Gasteiger partial charge in [0.2, 0.25) is 0 Å². The summed E-state index contributed by atoms with van der Waals surface area (Å²) in [5, 5.41) is 4.09. The number of nitrogens with one attached hydrogen (secondary N) is 2. The molecule has 0 bridgehead atoms. The van der Waals surface area contributed by atoms with Gasteiger partial charge in [0.05, 0.1) is 0 Å². The summed E-state index contributed by atoms with van der Waals surface area (Å²) < 4.78 is 13.0. The van der Waals surface area contributed by atoms with Crippen LogP contribution >= 0.6 is 0 Å². The van der Waals surface area contributed by atoms with Gasteiger partial charge in [-0.15, -0.1) is 0 Å². The van der Waals surface area contributed by atoms with E-state index in [9.17, 15) is 4.39 Å². The van der Waals surface area contributed by atoms with Crippen LogP contribution in [0.2, 0.25) is 0 Å². The van der Waals surface area contributed by atoms with Crippen molar-refractivity contribution in [3.8, 4) is 0 Å². The minimum atomic E-state index is -0.193. The standard InChI is InChI=1S/C11H13FN2/c1-7(13-2)10-6-14-11-4-3-8(12)5-9(10)11/h3-7,13-14H,1-2H3/t7-/m1/s1. The summed E-state index contributed by atoms with van der Waals surface area (Å²) in [6.07, 6.45) is 1.92. The Hall–Kier alpha value is -1.35. The van der Waals surface area contributed by atoms with Gasteiger partial charge in [0, 0.05) is 23.1 Å². The molecule has 0 saturated heterocycles. The summed E-state index contributed by atoms with van der Waals surface area (Å²) in [6, 6.07) is 5.02. The third kappa shape index (κ3) is 1.40. The van der Waals surface area contributed by atoms with Crippen molar-refractivity contribution in [1.29, 1.82) is 0 Å². The van der Waals surface area contributed by atoms with E-state index in [0.717, 1.165) is 16.5 Å². The molecule has 1 aromatic heterocycles. The topological polar surface area (TPSA) is 27.8 Å². The van der Waals surface area contributed by atoms with Gasteiger partial charge in [0.15, 0.2) is 0 Å². The SMILES string of the molecule is CN[C@H](C)c1c[nH]c2ccc(F)cc12. The van der Waals surface area contributed by atoms with Gasteiger partial charge in [-0.05, 0) is 37.7 Å². The van der Waals surface area contributed by atoms with Crippen molar-refractivity contribution in [2.24, 2.45) is 0 Å². The molecule has 2 nitrogen and oxygen atoms in total. The molecule has 0 aliphatic heterocycles. The molecule has 74 valence electrons. The Morgan fingerprint density at radius 3 is 2.93 bits per heavy atom. The average Bonchev–Trinajstić information content (AvgIpc) is 2.59. The maximum absolute atomic E-state index is 13.0. The molecule has 0 saturated carbocycles. The Morgan fingerprint density at radius 2 is 2.21 bits per heavy atom. The number of hydrogen-bond donors (Lipinski definition) is 2. The van der Waals surface area contributed by atoms with Gasteiger partial charge >= 0.3 is 0 Å². The highest BCUT2D eigenvalue weighted by molar-refractivity contribution is 5.83. The molecule has 0 unspecified atom stereocenters. The molecule has 1 atom stereocenters. The van der Waals surface area contributed by atoms with Crippen LogP contribution < -0.4 is 5.32 Å². The van der Waals surface area contributed by atoms with Crippen LogP contribution in [0.15, 0.2) is 24.4 Å². The highest BCUT2D eigenvalue weighted by atomic mass is 19.1. The van der Waals surface area contributed by atoms with E-state index in [1.165, 1.54) is 6.07 Å². The number of halogens is 1. The van der Waals surface area contributed by atoms with Crippen LogP contribution in [-0.2, 0) is 0 Å². The fourth-order valence-electron chi connectivity index (χ4n) is 1.63. The van der Waals surface area contributed by atoms with Crippen LogP contribution in [0.3, 0.4) is 0 Å². The molecule has 0 aliphatic rings. The number of benzene rings is 1. The van der Waals surface area contributed by atoms with Gasteiger partial charge in [0.25, 0.3) is 0 Å². The molecule has 0 radical (unpaired) electrons. The molecular formula is C11H13FN2. The molecule has 1 heterocycles. The molecule has 2 rings (SSSR count). The third-order valence-corrected chi connectivity index (χ3v) is 2.58. The van der Waals surface area contributed by atoms with Gasteiger partial charge in [0.1, 0.15) is 5.82 Å². The second-order valence-electron chi connectivity index (χ2n) is 3.44. The largest absolute Gasteiger partial charge is 0.361 e. The van der Waals surface area contributed by atoms with E-state index in [1.807, 2.05) is 20.2 Å². The van der Waals surface area contributed by atoms with Crippen molar-refractivity contribution in [3.05, 3.63) is 35.8 Å². The van der Waals surface area contributed by atoms with Crippen LogP contribution in [0, 0.1) is 5.82 Å². The van der Waals surface area contributed by atoms with E-state index in [2.05, 4.69) is 10.3 Å². The van der Waals surface area contributed by atoms with Gasteiger partial charge in [-0.1, -0.05) is 0 Å².